The Balaban J connectivity index is 0.623. The summed E-state index contributed by atoms with van der Waals surface area (Å²) in [5.74, 6) is 1.58. The number of hydrogen-bond acceptors (Lipinski definition) is 19. The van der Waals surface area contributed by atoms with E-state index in [0.717, 1.165) is 114 Å². The predicted octanol–water partition coefficient (Wildman–Crippen LogP) is 29.8. The molecule has 18 rings (SSSR count). The fourth-order valence-electron chi connectivity index (χ4n) is 15.8. The van der Waals surface area contributed by atoms with Gasteiger partial charge in [-0.25, -0.2) is 57.6 Å². The minimum atomic E-state index is -4.13. The van der Waals surface area contributed by atoms with E-state index in [2.05, 4.69) is 176 Å². The third-order valence-electron chi connectivity index (χ3n) is 23.3. The van der Waals surface area contributed by atoms with E-state index in [4.69, 9.17) is 157 Å². The Hall–Kier alpha value is -10.4. The van der Waals surface area contributed by atoms with Crippen LogP contribution in [0.2, 0.25) is 0 Å². The molecule has 0 amide bonds. The predicted molar refractivity (Wildman–Crippen MR) is 601 cm³/mol. The zero-order valence-corrected chi connectivity index (χ0v) is 89.2. The van der Waals surface area contributed by atoms with E-state index in [9.17, 15) is 0 Å². The molecule has 0 saturated heterocycles. The van der Waals surface area contributed by atoms with Crippen LogP contribution in [-0.2, 0) is 80.6 Å². The van der Waals surface area contributed by atoms with Crippen LogP contribution in [0.4, 0.5) is 0 Å². The zero-order chi connectivity index (χ0) is 98.0. The lowest BCUT2D eigenvalue weighted by atomic mass is 9.92. The van der Waals surface area contributed by atoms with E-state index in [-0.39, 0.29) is 54.1 Å². The molecule has 3 atom stereocenters. The molecule has 0 heterocycles. The average Bonchev–Trinajstić information content (AvgIpc) is 0.745. The van der Waals surface area contributed by atoms with Gasteiger partial charge in [-0.05, 0) is 395 Å². The molecule has 0 spiro atoms. The van der Waals surface area contributed by atoms with Crippen molar-refractivity contribution in [2.45, 2.75) is 19.6 Å². The normalized spacial score (nSPS) is 14.3. The van der Waals surface area contributed by atoms with Crippen molar-refractivity contribution in [2.75, 3.05) is 42.3 Å². The van der Waals surface area contributed by atoms with Crippen molar-refractivity contribution >= 4 is 293 Å². The van der Waals surface area contributed by atoms with Crippen LogP contribution in [0.5, 0.6) is 34.5 Å². The number of benzene rings is 18. The second-order valence-corrected chi connectivity index (χ2v) is 64.6. The second-order valence-electron chi connectivity index (χ2n) is 32.4. The maximum atomic E-state index is 15.7. The summed E-state index contributed by atoms with van der Waals surface area (Å²) in [5.41, 5.74) is 6.39. The minimum Gasteiger partial charge on any atom is -0.417 e. The maximum Gasteiger partial charge on any atom is 0.490 e. The van der Waals surface area contributed by atoms with Crippen LogP contribution in [0.3, 0.4) is 0 Å². The summed E-state index contributed by atoms with van der Waals surface area (Å²) in [5, 5.41) is 56.7. The van der Waals surface area contributed by atoms with E-state index >= 15 is 13.7 Å². The Labute approximate surface area is 856 Å². The Kier molecular flexibility index (Phi) is 29.8. The van der Waals surface area contributed by atoms with Gasteiger partial charge in [0, 0.05) is 73.7 Å². The molecule has 18 aromatic carbocycles. The van der Waals surface area contributed by atoms with Crippen molar-refractivity contribution in [3.8, 4) is 34.5 Å². The second kappa shape index (κ2) is 41.9. The number of rotatable bonds is 39. The van der Waals surface area contributed by atoms with E-state index < -0.39 is 44.4 Å². The Morgan fingerprint density at radius 1 is 0.243 bits per heavy atom. The van der Waals surface area contributed by atoms with Gasteiger partial charge in [-0.15, -0.1) is 0 Å². The van der Waals surface area contributed by atoms with Gasteiger partial charge in [0.25, 0.3) is 0 Å². The van der Waals surface area contributed by atoms with E-state index in [1.165, 1.54) is 47.3 Å². The molecule has 24 nitrogen and oxygen atoms in total. The molecule has 18 aromatic rings. The molecule has 0 bridgehead atoms. The molecule has 0 aliphatic carbocycles. The first-order chi connectivity index (χ1) is 67.0. The van der Waals surface area contributed by atoms with Gasteiger partial charge in [-0.3, -0.25) is 0 Å². The summed E-state index contributed by atoms with van der Waals surface area (Å²) in [6.45, 7) is -3.60. The smallest absolute Gasteiger partial charge is 0.417 e. The van der Waals surface area contributed by atoms with Crippen molar-refractivity contribution in [1.82, 2.24) is 43.9 Å². The molecule has 0 aliphatic heterocycles. The Morgan fingerprint density at radius 3 is 0.629 bits per heavy atom. The lowest BCUT2D eigenvalue weighted by molar-refractivity contribution is 0.382. The highest BCUT2D eigenvalue weighted by molar-refractivity contribution is 8.38. The first kappa shape index (κ1) is 99.7. The van der Waals surface area contributed by atoms with Gasteiger partial charge in [0.2, 0.25) is 14.7 Å². The molecule has 710 valence electrons. The van der Waals surface area contributed by atoms with Gasteiger partial charge in [-0.1, -0.05) is 164 Å². The number of halogens is 6. The van der Waals surface area contributed by atoms with Gasteiger partial charge < -0.3 is 27.1 Å². The number of hydrazone groups is 6. The van der Waals surface area contributed by atoms with Crippen LogP contribution < -0.4 is 42.4 Å². The summed E-state index contributed by atoms with van der Waals surface area (Å²) in [7, 11) is -2.89. The summed E-state index contributed by atoms with van der Waals surface area (Å²) in [6.07, 6.45) is 9.30. The lowest BCUT2D eigenvalue weighted by Gasteiger charge is -2.27. The van der Waals surface area contributed by atoms with Gasteiger partial charge in [-0.2, -0.15) is 30.6 Å². The molecule has 41 heteroatoms. The molecule has 140 heavy (non-hydrogen) atoms. The number of hydrogen-bond donors (Lipinski definition) is 3. The first-order valence-electron chi connectivity index (χ1n) is 43.1. The van der Waals surface area contributed by atoms with E-state index in [1.807, 2.05) is 18.2 Å². The molecule has 3 N–H and O–H groups in total. The minimum absolute atomic E-state index is 0.131. The van der Waals surface area contributed by atoms with Crippen LogP contribution in [-0.4, -0.2) is 108 Å². The van der Waals surface area contributed by atoms with Crippen LogP contribution in [0.1, 0.15) is 50.1 Å². The van der Waals surface area contributed by atoms with Crippen molar-refractivity contribution < 1.29 is 40.8 Å². The SMILES string of the molecule is CN(/N=C/c1ccc(OP(=S)(Oc2ccc(/C=N/N(C)P(=O)(NCc3ccc4ccc5cccc6ccc3c4c56)Oc3ccc(/C=N/N(C)P(=S)(Cl)Cl)cc3)cc2)Oc2ccc(/C=N/N(C)P(=O)(NCc3ccc4ccc5cccc6ccc3c4c56)Oc3ccc(/C=N/N(C)P(=S)(Cl)Cl)cc3)cc2)cc1)P(=O)(NCc1ccc2ccc3cccc4ccc1c2c34)Oc1ccc(/C=N/N(C)P(=S)(Cl)Cl)cc1. The molecule has 0 radical (unpaired) electrons. The lowest BCUT2D eigenvalue weighted by Crippen LogP contribution is -2.25. The monoisotopic (exact) mass is 2180 g/mol. The molecular formula is C99H84Cl6N15O9P7S4. The number of nitrogens with zero attached hydrogens (tertiary/aromatic N) is 12. The Morgan fingerprint density at radius 2 is 0.421 bits per heavy atom. The van der Waals surface area contributed by atoms with Gasteiger partial charge in [0.05, 0.1) is 37.3 Å². The first-order valence-corrected chi connectivity index (χ1v) is 64.1. The summed E-state index contributed by atoms with van der Waals surface area (Å²) in [6, 6.07) is 97.4. The summed E-state index contributed by atoms with van der Waals surface area (Å²) >= 11 is 59.4. The highest BCUT2D eigenvalue weighted by Crippen LogP contribution is 2.62. The summed E-state index contributed by atoms with van der Waals surface area (Å²) < 4.78 is 94.4. The van der Waals surface area contributed by atoms with Crippen LogP contribution in [0.15, 0.2) is 340 Å². The molecule has 0 aliphatic rings. The summed E-state index contributed by atoms with van der Waals surface area (Å²) in [4.78, 5) is -8.62. The molecule has 0 aromatic heterocycles. The van der Waals surface area contributed by atoms with Crippen LogP contribution in [0.25, 0.3) is 97.0 Å². The average molecular weight is 2190 g/mol. The third kappa shape index (κ3) is 22.9. The molecule has 0 saturated carbocycles. The topological polar surface area (TPSA) is 236 Å². The fourth-order valence-corrected chi connectivity index (χ4v) is 23.5. The molecule has 0 fully saturated rings. The molecule has 3 unspecified atom stereocenters. The highest BCUT2D eigenvalue weighted by Gasteiger charge is 2.36. The van der Waals surface area contributed by atoms with Crippen molar-refractivity contribution in [1.29, 1.82) is 0 Å². The highest BCUT2D eigenvalue weighted by atomic mass is 35.9. The van der Waals surface area contributed by atoms with Crippen LogP contribution >= 0.6 is 112 Å². The zero-order valence-electron chi connectivity index (χ0n) is 75.1. The van der Waals surface area contributed by atoms with Crippen LogP contribution in [0, 0.1) is 0 Å². The van der Waals surface area contributed by atoms with Gasteiger partial charge in [0.15, 0.2) is 0 Å². The standard InChI is InChI=1S/C99H84Cl6N15O9P7S4/c1-115(130(100,101)137)106-58-67-16-43-85(44-17-67)124-133(121,112-64-82-37-34-79-31-28-73-10-7-13-76-40-55-91(82)97(79)94(73)76)118(4)109-61-70-22-49-88(50-23-70)127-136(140,128-89-51-24-71(25-52-89)62-110-119(5)134(122,125-86-45-18-68(19-46-86)59-107-116(2)131(102,103)138)113-65-83-38-35-80-32-29-74-11-8-14-77-41-56-92(83)98(80)95(74)77)129-90-53-26-72(27-54-90)63-111-120(6)135(123,126-87-47-20-69(21-48-87)60-108-117(3)132(104,105)139)114-66-84-39-36-81-33-30-75-12-9-15-78-42-57-93(84)99(81)96(75)78/h7-63H,64-66H2,1-6H3,(H,112,121)(H,113,122)(H,114,123)/b106-58+,107-59+,108-60+,109-61+,110-62+,111-63+. The van der Waals surface area contributed by atoms with Crippen molar-refractivity contribution in [3.05, 3.63) is 359 Å². The van der Waals surface area contributed by atoms with Gasteiger partial charge in [0.1, 0.15) is 34.5 Å². The largest absolute Gasteiger partial charge is 0.490 e. The maximum absolute atomic E-state index is 15.7. The fraction of sp³-hybridized carbons (Fsp3) is 0.0909. The van der Waals surface area contributed by atoms with E-state index in [0.29, 0.717) is 33.4 Å². The number of nitrogens with one attached hydrogen (secondary N) is 3. The van der Waals surface area contributed by atoms with Gasteiger partial charge >= 0.3 is 29.7 Å². The van der Waals surface area contributed by atoms with E-state index in [1.54, 1.807) is 207 Å². The third-order valence-corrected chi connectivity index (χ3v) is 39.3. The van der Waals surface area contributed by atoms with Crippen molar-refractivity contribution in [3.63, 3.8) is 0 Å². The Bertz CT molecular complexity index is 7470. The molecular weight excluding hydrogens is 2100 g/mol. The quantitative estimate of drug-likeness (QED) is 0.0140. The van der Waals surface area contributed by atoms with Crippen molar-refractivity contribution in [2.24, 2.45) is 30.6 Å².